The van der Waals surface area contributed by atoms with Crippen molar-refractivity contribution < 1.29 is 17.9 Å². The molecule has 8 heteroatoms. The van der Waals surface area contributed by atoms with Crippen molar-refractivity contribution in [1.29, 1.82) is 0 Å². The third-order valence-corrected chi connectivity index (χ3v) is 5.34. The molecule has 0 aliphatic heterocycles. The van der Waals surface area contributed by atoms with E-state index >= 15 is 0 Å². The maximum Gasteiger partial charge on any atom is 0.247 e. The fourth-order valence-electron chi connectivity index (χ4n) is 1.97. The zero-order chi connectivity index (χ0) is 17.5. The molecule has 6 nitrogen and oxygen atoms in total. The van der Waals surface area contributed by atoms with Crippen LogP contribution in [0.1, 0.15) is 26.2 Å². The summed E-state index contributed by atoms with van der Waals surface area (Å²) in [7, 11) is -1.15. The number of halogens is 1. The highest BCUT2D eigenvalue weighted by molar-refractivity contribution is 7.89. The van der Waals surface area contributed by atoms with Crippen LogP contribution in [-0.4, -0.2) is 45.9 Å². The molecule has 0 radical (unpaired) electrons. The van der Waals surface area contributed by atoms with Crippen molar-refractivity contribution in [2.45, 2.75) is 31.1 Å². The van der Waals surface area contributed by atoms with E-state index in [1.807, 2.05) is 0 Å². The van der Waals surface area contributed by atoms with Crippen molar-refractivity contribution in [3.63, 3.8) is 0 Å². The molecule has 0 aromatic heterocycles. The van der Waals surface area contributed by atoms with Gasteiger partial charge in [-0.3, -0.25) is 4.79 Å². The third-order valence-electron chi connectivity index (χ3n) is 3.28. The Morgan fingerprint density at radius 1 is 1.35 bits per heavy atom. The largest absolute Gasteiger partial charge is 0.495 e. The summed E-state index contributed by atoms with van der Waals surface area (Å²) in [5.74, 6) is -0.155. The first-order valence-corrected chi connectivity index (χ1v) is 9.21. The van der Waals surface area contributed by atoms with Crippen LogP contribution in [0.3, 0.4) is 0 Å². The number of benzene rings is 1. The van der Waals surface area contributed by atoms with E-state index in [0.717, 1.165) is 23.6 Å². The van der Waals surface area contributed by atoms with Crippen molar-refractivity contribution in [1.82, 2.24) is 9.62 Å². The maximum atomic E-state index is 12.6. The Labute approximate surface area is 142 Å². The fraction of sp³-hybridized carbons (Fsp3) is 0.533. The minimum Gasteiger partial charge on any atom is -0.495 e. The molecule has 130 valence electrons. The zero-order valence-corrected chi connectivity index (χ0v) is 15.2. The molecule has 0 bridgehead atoms. The Hall–Kier alpha value is -1.31. The van der Waals surface area contributed by atoms with Gasteiger partial charge in [0.1, 0.15) is 10.6 Å². The van der Waals surface area contributed by atoms with Gasteiger partial charge >= 0.3 is 0 Å². The number of carbonyl (C=O) groups is 1. The van der Waals surface area contributed by atoms with Gasteiger partial charge in [-0.1, -0.05) is 31.4 Å². The molecule has 0 aliphatic carbocycles. The number of nitrogens with zero attached hydrogens (tertiary/aromatic N) is 1. The van der Waals surface area contributed by atoms with Crippen molar-refractivity contribution in [2.24, 2.45) is 0 Å². The monoisotopic (exact) mass is 362 g/mol. The van der Waals surface area contributed by atoms with Crippen LogP contribution < -0.4 is 10.1 Å². The molecule has 1 aromatic carbocycles. The lowest BCUT2D eigenvalue weighted by atomic mass is 10.2. The van der Waals surface area contributed by atoms with Crippen molar-refractivity contribution in [3.05, 3.63) is 23.2 Å². The van der Waals surface area contributed by atoms with Gasteiger partial charge < -0.3 is 10.1 Å². The van der Waals surface area contributed by atoms with Crippen LogP contribution in [0.4, 0.5) is 0 Å². The summed E-state index contributed by atoms with van der Waals surface area (Å²) in [6.07, 6.45) is 2.95. The number of unbranched alkanes of at least 4 members (excludes halogenated alkanes) is 2. The smallest absolute Gasteiger partial charge is 0.247 e. The average molecular weight is 363 g/mol. The van der Waals surface area contributed by atoms with E-state index in [1.165, 1.54) is 26.3 Å². The minimum atomic E-state index is -3.87. The number of hydrogen-bond acceptors (Lipinski definition) is 4. The van der Waals surface area contributed by atoms with Crippen molar-refractivity contribution in [2.75, 3.05) is 27.2 Å². The summed E-state index contributed by atoms with van der Waals surface area (Å²) in [5, 5.41) is 2.99. The number of methoxy groups -OCH3 is 1. The number of hydrogen-bond donors (Lipinski definition) is 1. The number of sulfonamides is 1. The SMILES string of the molecule is CCCCCNC(=O)CN(C)S(=O)(=O)c1cc(Cl)ccc1OC. The van der Waals surface area contributed by atoms with Gasteiger partial charge in [-0.2, -0.15) is 4.31 Å². The molecular weight excluding hydrogens is 340 g/mol. The van der Waals surface area contributed by atoms with Gasteiger partial charge in [0, 0.05) is 18.6 Å². The van der Waals surface area contributed by atoms with E-state index in [-0.39, 0.29) is 28.1 Å². The van der Waals surface area contributed by atoms with E-state index in [4.69, 9.17) is 16.3 Å². The van der Waals surface area contributed by atoms with E-state index in [2.05, 4.69) is 12.2 Å². The lowest BCUT2D eigenvalue weighted by Gasteiger charge is -2.18. The molecule has 0 atom stereocenters. The van der Waals surface area contributed by atoms with Crippen LogP contribution in [0.25, 0.3) is 0 Å². The van der Waals surface area contributed by atoms with Gasteiger partial charge in [0.15, 0.2) is 0 Å². The Bertz CT molecular complexity index is 634. The normalized spacial score (nSPS) is 11.5. The van der Waals surface area contributed by atoms with E-state index in [0.29, 0.717) is 6.54 Å². The Morgan fingerprint density at radius 2 is 2.04 bits per heavy atom. The predicted molar refractivity (Wildman–Crippen MR) is 90.4 cm³/mol. The summed E-state index contributed by atoms with van der Waals surface area (Å²) >= 11 is 5.87. The molecule has 0 spiro atoms. The number of nitrogens with one attached hydrogen (secondary N) is 1. The molecule has 0 aliphatic rings. The molecule has 1 N–H and O–H groups in total. The molecule has 1 aromatic rings. The fourth-order valence-corrected chi connectivity index (χ4v) is 3.51. The van der Waals surface area contributed by atoms with Crippen LogP contribution in [-0.2, 0) is 14.8 Å². The molecule has 1 amide bonds. The van der Waals surface area contributed by atoms with Crippen molar-refractivity contribution >= 4 is 27.5 Å². The first kappa shape index (κ1) is 19.7. The predicted octanol–water partition coefficient (Wildman–Crippen LogP) is 2.28. The number of carbonyl (C=O) groups excluding carboxylic acids is 1. The summed E-state index contributed by atoms with van der Waals surface area (Å²) in [6, 6.07) is 4.33. The highest BCUT2D eigenvalue weighted by atomic mass is 35.5. The molecule has 0 saturated carbocycles. The average Bonchev–Trinajstić information content (AvgIpc) is 2.51. The van der Waals surface area contributed by atoms with Gasteiger partial charge in [-0.25, -0.2) is 8.42 Å². The van der Waals surface area contributed by atoms with Crippen molar-refractivity contribution in [3.8, 4) is 5.75 Å². The molecule has 0 heterocycles. The van der Waals surface area contributed by atoms with E-state index < -0.39 is 10.0 Å². The highest BCUT2D eigenvalue weighted by Crippen LogP contribution is 2.28. The van der Waals surface area contributed by atoms with Crippen LogP contribution in [0.5, 0.6) is 5.75 Å². The zero-order valence-electron chi connectivity index (χ0n) is 13.6. The van der Waals surface area contributed by atoms with Gasteiger partial charge in [0.05, 0.1) is 13.7 Å². The lowest BCUT2D eigenvalue weighted by Crippen LogP contribution is -2.38. The molecule has 23 heavy (non-hydrogen) atoms. The lowest BCUT2D eigenvalue weighted by molar-refractivity contribution is -0.121. The number of rotatable bonds is 9. The number of amides is 1. The van der Waals surface area contributed by atoms with Gasteiger partial charge in [0.2, 0.25) is 15.9 Å². The number of ether oxygens (including phenoxy) is 1. The van der Waals surface area contributed by atoms with Crippen LogP contribution in [0, 0.1) is 0 Å². The second-order valence-electron chi connectivity index (χ2n) is 5.11. The van der Waals surface area contributed by atoms with Gasteiger partial charge in [-0.15, -0.1) is 0 Å². The second-order valence-corrected chi connectivity index (χ2v) is 7.56. The second kappa shape index (κ2) is 9.10. The topological polar surface area (TPSA) is 75.7 Å². The third kappa shape index (κ3) is 5.67. The van der Waals surface area contributed by atoms with Crippen LogP contribution in [0.2, 0.25) is 5.02 Å². The highest BCUT2D eigenvalue weighted by Gasteiger charge is 2.26. The summed E-state index contributed by atoms with van der Waals surface area (Å²) < 4.78 is 31.2. The molecule has 0 fully saturated rings. The minimum absolute atomic E-state index is 0.0613. The molecule has 0 unspecified atom stereocenters. The molecular formula is C15H23ClN2O4S. The number of likely N-dealkylation sites (N-methyl/N-ethyl adjacent to an activating group) is 1. The Balaban J connectivity index is 2.80. The first-order valence-electron chi connectivity index (χ1n) is 7.39. The summed E-state index contributed by atoms with van der Waals surface area (Å²) in [4.78, 5) is 11.8. The maximum absolute atomic E-state index is 12.6. The standard InChI is InChI=1S/C15H23ClN2O4S/c1-4-5-6-9-17-15(19)11-18(2)23(20,21)14-10-12(16)7-8-13(14)22-3/h7-8,10H,4-6,9,11H2,1-3H3,(H,17,19). The quantitative estimate of drug-likeness (QED) is 0.684. The van der Waals surface area contributed by atoms with Gasteiger partial charge in [0.25, 0.3) is 0 Å². The first-order chi connectivity index (χ1) is 10.8. The van der Waals surface area contributed by atoms with Crippen LogP contribution >= 0.6 is 11.6 Å². The van der Waals surface area contributed by atoms with Gasteiger partial charge in [-0.05, 0) is 24.6 Å². The van der Waals surface area contributed by atoms with E-state index in [1.54, 1.807) is 6.07 Å². The molecule has 1 rings (SSSR count). The summed E-state index contributed by atoms with van der Waals surface area (Å²) in [5.41, 5.74) is 0. The Morgan fingerprint density at radius 3 is 2.65 bits per heavy atom. The Kier molecular flexibility index (Phi) is 7.81. The summed E-state index contributed by atoms with van der Waals surface area (Å²) in [6.45, 7) is 2.35. The van der Waals surface area contributed by atoms with Crippen LogP contribution in [0.15, 0.2) is 23.1 Å². The molecule has 0 saturated heterocycles. The van der Waals surface area contributed by atoms with E-state index in [9.17, 15) is 13.2 Å².